The van der Waals surface area contributed by atoms with E-state index >= 15 is 0 Å². The second-order valence-electron chi connectivity index (χ2n) is 36.3. The lowest BCUT2D eigenvalue weighted by Crippen LogP contribution is -2.51. The fourth-order valence-electron chi connectivity index (χ4n) is 8.78. The average molecular weight is 1630 g/mol. The van der Waals surface area contributed by atoms with Gasteiger partial charge in [0.25, 0.3) is 0 Å². The third-order valence-corrected chi connectivity index (χ3v) is 23.1. The number of rotatable bonds is 37. The quantitative estimate of drug-likeness (QED) is 0.0324. The SMILES string of the molecule is CC(C)[C@@H](N)C(=O)OC[C@H](CN(C(C)(C)C)S(C)(=O)=O)O[C@@H](C)C(C)(C)C.COC[C@H](N)C(=O)OC[C@H](CN(C(C)(C)C)S(C)(=O)=O)O[C@@H](C)C(C)(C)C.C[C@H](O[C@H](COC(=O)[C@@H](N)CO)CN(C(C)(C)C)S(C)(=O)=O)C(C)(C)C.C[C@H](O[C@H](COC(=O)[C@@H](N)[C@@H](C)O)CN(C(C)(C)C)S(C)(=O)=O)C(C)(C)C. The number of aliphatic hydroxyl groups is 2. The number of aliphatic hydroxyl groups excluding tert-OH is 2. The summed E-state index contributed by atoms with van der Waals surface area (Å²) in [6, 6.07) is -3.92. The molecule has 0 fully saturated rings. The van der Waals surface area contributed by atoms with Crippen molar-refractivity contribution in [3.8, 4) is 0 Å². The molecule has 0 unspecified atom stereocenters. The van der Waals surface area contributed by atoms with E-state index in [-0.39, 0.29) is 111 Å². The zero-order chi connectivity index (χ0) is 86.1. The molecule has 13 atom stereocenters. The van der Waals surface area contributed by atoms with E-state index in [0.717, 1.165) is 18.8 Å². The Hall–Kier alpha value is -2.92. The summed E-state index contributed by atoms with van der Waals surface area (Å²) in [5, 5.41) is 18.4. The molecule has 0 heterocycles. The van der Waals surface area contributed by atoms with E-state index in [0.29, 0.717) is 0 Å². The number of nitrogens with zero attached hydrogens (tertiary/aromatic N) is 4. The molecule has 0 bridgehead atoms. The number of hydrogen-bond acceptors (Lipinski definition) is 27. The van der Waals surface area contributed by atoms with Crippen LogP contribution in [0.1, 0.15) is 215 Å². The normalized spacial score (nSPS) is 17.3. The number of sulfonamides is 4. The highest BCUT2D eigenvalue weighted by Crippen LogP contribution is 2.30. The van der Waals surface area contributed by atoms with Crippen molar-refractivity contribution in [3.05, 3.63) is 0 Å². The standard InChI is InChI=1S/C19H40N2O5S.2C18H38N2O6S.C17H36N2O6S/c1-13(2)16(20)17(22)25-12-15(26-14(3)18(4,5)6)11-21(19(7,8)9)27(10,23)24;1-13(17(2,3)4)26-14(11-25-16(21)15(19)12-24-8)10-20(18(5,6)7)27(9,22)23;1-12(21)15(19)16(22)25-11-14(26-13(2)17(3,4)5)10-20(18(6,7)8)27(9,23)24;1-12(16(2,3)4)25-13(11-24-15(21)14(18)10-20)9-19(17(5,6)7)26(8,22)23/h13-16H,11-12,20H2,1-10H3;13-15H,10-12,19H2,1-9H3;12-15,21H,10-11,19H2,1-9H3;12-14,20H,9-11,18H2,1-8H3/t14-,15-,16+;13-,14-,15-;12-,13+,14+,15+;12-,13-,14-/m0010/s1. The van der Waals surface area contributed by atoms with Crippen LogP contribution in [0.3, 0.4) is 0 Å². The number of hydrogen-bond donors (Lipinski definition) is 6. The highest BCUT2D eigenvalue weighted by molar-refractivity contribution is 7.89. The van der Waals surface area contributed by atoms with E-state index in [1.807, 2.05) is 145 Å². The highest BCUT2D eigenvalue weighted by atomic mass is 32.2. The van der Waals surface area contributed by atoms with E-state index in [2.05, 4.69) is 0 Å². The molecule has 35 heteroatoms. The Morgan fingerprint density at radius 3 is 0.701 bits per heavy atom. The van der Waals surface area contributed by atoms with Crippen molar-refractivity contribution < 1.29 is 106 Å². The van der Waals surface area contributed by atoms with Gasteiger partial charge in [-0.3, -0.25) is 19.2 Å². The van der Waals surface area contributed by atoms with Gasteiger partial charge in [0.15, 0.2) is 0 Å². The van der Waals surface area contributed by atoms with E-state index in [1.165, 1.54) is 37.5 Å². The highest BCUT2D eigenvalue weighted by Gasteiger charge is 2.40. The summed E-state index contributed by atoms with van der Waals surface area (Å²) in [5.41, 5.74) is 19.3. The molecule has 0 aliphatic heterocycles. The number of carbonyl (C=O) groups is 4. The summed E-state index contributed by atoms with van der Waals surface area (Å²) >= 11 is 0. The second kappa shape index (κ2) is 45.2. The summed E-state index contributed by atoms with van der Waals surface area (Å²) < 4.78 is 153. The molecule has 0 radical (unpaired) electrons. The van der Waals surface area contributed by atoms with Crippen molar-refractivity contribution in [3.63, 3.8) is 0 Å². The van der Waals surface area contributed by atoms with Crippen molar-refractivity contribution in [1.82, 2.24) is 17.2 Å². The predicted octanol–water partition coefficient (Wildman–Crippen LogP) is 5.62. The lowest BCUT2D eigenvalue weighted by molar-refractivity contribution is -0.156. The first-order valence-corrected chi connectivity index (χ1v) is 43.6. The van der Waals surface area contributed by atoms with Gasteiger partial charge in [0.1, 0.15) is 75.0 Å². The Balaban J connectivity index is -0.000000661. The molecule has 31 nitrogen and oxygen atoms in total. The average Bonchev–Trinajstić information content (AvgIpc) is 0.834. The number of carbonyl (C=O) groups excluding carboxylic acids is 4. The van der Waals surface area contributed by atoms with Crippen LogP contribution in [-0.2, 0) is 102 Å². The van der Waals surface area contributed by atoms with Crippen molar-refractivity contribution >= 4 is 64.0 Å². The monoisotopic (exact) mass is 1620 g/mol. The molecule has 0 aromatic carbocycles. The van der Waals surface area contributed by atoms with Crippen LogP contribution >= 0.6 is 0 Å². The van der Waals surface area contributed by atoms with E-state index in [4.69, 9.17) is 70.7 Å². The fourth-order valence-corrected chi connectivity index (χ4v) is 14.5. The van der Waals surface area contributed by atoms with Crippen LogP contribution in [0.5, 0.6) is 0 Å². The summed E-state index contributed by atoms with van der Waals surface area (Å²) in [6.45, 7) is 57.7. The molecule has 0 aliphatic rings. The van der Waals surface area contributed by atoms with Gasteiger partial charge >= 0.3 is 23.9 Å². The summed E-state index contributed by atoms with van der Waals surface area (Å²) in [6.07, 6.45) is 0.186. The first kappa shape index (κ1) is 110. The van der Waals surface area contributed by atoms with Crippen LogP contribution in [0.2, 0.25) is 0 Å². The van der Waals surface area contributed by atoms with Gasteiger partial charge in [-0.15, -0.1) is 0 Å². The third kappa shape index (κ3) is 46.8. The zero-order valence-corrected chi connectivity index (χ0v) is 75.6. The largest absolute Gasteiger partial charge is 0.462 e. The van der Waals surface area contributed by atoms with Crippen LogP contribution in [0.15, 0.2) is 0 Å². The fraction of sp³-hybridized carbons (Fsp3) is 0.944. The van der Waals surface area contributed by atoms with Crippen LogP contribution < -0.4 is 22.9 Å². The molecular formula is C72H152N8O23S4. The molecule has 0 amide bonds. The number of nitrogens with two attached hydrogens (primary N) is 4. The minimum Gasteiger partial charge on any atom is -0.462 e. The second-order valence-corrected chi connectivity index (χ2v) is 44.0. The summed E-state index contributed by atoms with van der Waals surface area (Å²) in [5.74, 6) is -2.69. The molecule has 107 heavy (non-hydrogen) atoms. The Kier molecular flexibility index (Phi) is 46.7. The van der Waals surface area contributed by atoms with Crippen LogP contribution in [-0.4, -0.2) is 284 Å². The summed E-state index contributed by atoms with van der Waals surface area (Å²) in [7, 11) is -12.5. The first-order valence-electron chi connectivity index (χ1n) is 36.2. The van der Waals surface area contributed by atoms with Gasteiger partial charge in [-0.25, -0.2) is 33.7 Å². The lowest BCUT2D eigenvalue weighted by Gasteiger charge is -2.38. The van der Waals surface area contributed by atoms with E-state index < -0.39 is 147 Å². The molecule has 0 rings (SSSR count). The summed E-state index contributed by atoms with van der Waals surface area (Å²) in [4.78, 5) is 47.8. The van der Waals surface area contributed by atoms with Gasteiger partial charge < -0.3 is 75.8 Å². The van der Waals surface area contributed by atoms with Crippen LogP contribution in [0, 0.1) is 27.6 Å². The van der Waals surface area contributed by atoms with Gasteiger partial charge in [-0.1, -0.05) is 96.9 Å². The maximum absolute atomic E-state index is 12.3. The number of ether oxygens (including phenoxy) is 9. The first-order chi connectivity index (χ1) is 47.2. The van der Waals surface area contributed by atoms with Crippen molar-refractivity contribution in [2.75, 3.05) is 98.0 Å². The molecule has 642 valence electrons. The molecule has 0 saturated carbocycles. The van der Waals surface area contributed by atoms with Gasteiger partial charge in [0.05, 0.1) is 68.8 Å². The minimum absolute atomic E-state index is 0.0277. The van der Waals surface area contributed by atoms with E-state index in [1.54, 1.807) is 62.3 Å². The molecule has 0 aromatic heterocycles. The maximum Gasteiger partial charge on any atom is 0.325 e. The smallest absolute Gasteiger partial charge is 0.325 e. The topological polar surface area (TPSA) is 445 Å². The lowest BCUT2D eigenvalue weighted by atomic mass is 9.90. The Morgan fingerprint density at radius 1 is 0.346 bits per heavy atom. The number of esters is 4. The predicted molar refractivity (Wildman–Crippen MR) is 422 cm³/mol. The molecule has 10 N–H and O–H groups in total. The Bertz CT molecular complexity index is 2990. The van der Waals surface area contributed by atoms with Crippen LogP contribution in [0.25, 0.3) is 0 Å². The van der Waals surface area contributed by atoms with E-state index in [9.17, 15) is 58.0 Å². The van der Waals surface area contributed by atoms with Gasteiger partial charge in [-0.2, -0.15) is 17.2 Å². The zero-order valence-electron chi connectivity index (χ0n) is 72.4. The van der Waals surface area contributed by atoms with Crippen molar-refractivity contribution in [2.45, 2.75) is 316 Å². The van der Waals surface area contributed by atoms with Crippen molar-refractivity contribution in [1.29, 1.82) is 0 Å². The molecular weight excluding hydrogens is 1470 g/mol. The molecule has 0 spiro atoms. The van der Waals surface area contributed by atoms with Crippen molar-refractivity contribution in [2.24, 2.45) is 50.5 Å². The van der Waals surface area contributed by atoms with Gasteiger partial charge in [0.2, 0.25) is 40.1 Å². The Morgan fingerprint density at radius 2 is 0.542 bits per heavy atom. The van der Waals surface area contributed by atoms with Crippen LogP contribution in [0.4, 0.5) is 0 Å². The van der Waals surface area contributed by atoms with Gasteiger partial charge in [-0.05, 0) is 145 Å². The number of methoxy groups -OCH3 is 1. The molecule has 0 aliphatic carbocycles. The third-order valence-electron chi connectivity index (χ3n) is 17.1. The minimum atomic E-state index is -3.51. The molecule has 0 aromatic rings. The van der Waals surface area contributed by atoms with Gasteiger partial charge in [0, 0.05) is 55.4 Å². The Labute approximate surface area is 647 Å². The maximum atomic E-state index is 12.3. The molecule has 0 saturated heterocycles.